The summed E-state index contributed by atoms with van der Waals surface area (Å²) in [7, 11) is 11.5. The van der Waals surface area contributed by atoms with Gasteiger partial charge >= 0.3 is 30.2 Å². The van der Waals surface area contributed by atoms with E-state index >= 15 is 0 Å². The molecular formula is C100H189Br2F3N6O17S6. The first-order valence-corrected chi connectivity index (χ1v) is 56.1. The summed E-state index contributed by atoms with van der Waals surface area (Å²) in [6.07, 6.45) is 16.2. The number of esters is 3. The van der Waals surface area contributed by atoms with Gasteiger partial charge in [0.15, 0.2) is 19.1 Å². The zero-order valence-electron chi connectivity index (χ0n) is 88.7. The number of ether oxygens (including phenoxy) is 8. The molecule has 23 nitrogen and oxygen atoms in total. The Bertz CT molecular complexity index is 3280. The summed E-state index contributed by atoms with van der Waals surface area (Å²) >= 11 is 3.01. The van der Waals surface area contributed by atoms with Crippen LogP contribution in [0.25, 0.3) is 0 Å². The van der Waals surface area contributed by atoms with Gasteiger partial charge in [0.1, 0.15) is 6.61 Å². The molecule has 0 aliphatic carbocycles. The SMILES string of the molecule is C=CC(F)(F)F.CCC.CCC(=O)OC.CCC(C)(C)CCSC(=O)CCN1CCOCC1.CCC(C)(C)CSC(=O)CCN1CCOCC1.CCCC(=O)OC.CCCSSCCN1CCOCC1.CCC[N+](C)(C)C.CCC[N+]12CCC(CC1)CC2.CCOC(=O)OC(C)C.CCc1ccccc1CNC(C)=O.CCc1ccccc1COC(=O)C(C)(C)C.CSS(C)(=O)=O.[Br-].[Br-]. The molecule has 1 amide bonds. The predicted octanol–water partition coefficient (Wildman–Crippen LogP) is 16.2. The summed E-state index contributed by atoms with van der Waals surface area (Å²) in [6, 6.07) is 16.2. The lowest BCUT2D eigenvalue weighted by Gasteiger charge is -2.49. The van der Waals surface area contributed by atoms with Gasteiger partial charge in [0, 0.05) is 133 Å². The topological polar surface area (TPSA) is 249 Å². The zero-order valence-corrected chi connectivity index (χ0v) is 96.8. The number of piperidine rings is 3. The number of rotatable bonds is 35. The molecule has 0 atom stereocenters. The molecule has 6 aliphatic heterocycles. The number of allylic oxidation sites excluding steroid dienone is 1. The van der Waals surface area contributed by atoms with Crippen LogP contribution in [0, 0.1) is 22.2 Å². The molecule has 6 heterocycles. The van der Waals surface area contributed by atoms with E-state index in [1.54, 1.807) is 27.7 Å². The minimum atomic E-state index is -4.19. The van der Waals surface area contributed by atoms with Crippen LogP contribution in [-0.2, 0) is 102 Å². The minimum absolute atomic E-state index is 0. The first-order chi connectivity index (χ1) is 61.9. The molecule has 8 rings (SSSR count). The van der Waals surface area contributed by atoms with Crippen molar-refractivity contribution in [3.05, 3.63) is 83.4 Å². The lowest BCUT2D eigenvalue weighted by molar-refractivity contribution is -0.942. The maximum absolute atomic E-state index is 11.8. The Morgan fingerprint density at radius 3 is 1.32 bits per heavy atom. The van der Waals surface area contributed by atoms with E-state index < -0.39 is 26.6 Å². The van der Waals surface area contributed by atoms with Crippen molar-refractivity contribution in [1.29, 1.82) is 0 Å². The van der Waals surface area contributed by atoms with Gasteiger partial charge in [-0.1, -0.05) is 223 Å². The predicted molar refractivity (Wildman–Crippen MR) is 556 cm³/mol. The quantitative estimate of drug-likeness (QED) is 0.0168. The van der Waals surface area contributed by atoms with Crippen molar-refractivity contribution in [2.45, 2.75) is 287 Å². The minimum Gasteiger partial charge on any atom is -1.00 e. The largest absolute Gasteiger partial charge is 1.00 e. The highest BCUT2D eigenvalue weighted by Crippen LogP contribution is 2.34. The third-order valence-corrected chi connectivity index (χ3v) is 27.9. The number of nitrogens with zero attached hydrogens (tertiary/aromatic N) is 5. The van der Waals surface area contributed by atoms with Crippen molar-refractivity contribution in [3.8, 4) is 0 Å². The molecule has 2 aromatic carbocycles. The number of thioether (sulfide) groups is 2. The van der Waals surface area contributed by atoms with Crippen LogP contribution in [0.2, 0.25) is 0 Å². The molecule has 6 aliphatic rings. The number of aryl methyl sites for hydroxylation is 2. The number of amides is 1. The summed E-state index contributed by atoms with van der Waals surface area (Å²) < 4.78 is 93.4. The number of alkyl halides is 3. The van der Waals surface area contributed by atoms with Crippen LogP contribution in [0.4, 0.5) is 18.0 Å². The highest BCUT2D eigenvalue weighted by atomic mass is 79.9. The molecule has 134 heavy (non-hydrogen) atoms. The van der Waals surface area contributed by atoms with Crippen LogP contribution in [0.1, 0.15) is 271 Å². The van der Waals surface area contributed by atoms with Gasteiger partial charge in [0.2, 0.25) is 5.91 Å². The Balaban J connectivity index is -0.000000218. The maximum atomic E-state index is 11.8. The number of hydrogen-bond donors (Lipinski definition) is 1. The number of hydrogen-bond acceptors (Lipinski definition) is 25. The third kappa shape index (κ3) is 97.6. The molecule has 1 N–H and O–H groups in total. The van der Waals surface area contributed by atoms with Gasteiger partial charge in [-0.15, -0.1) is 0 Å². The molecule has 2 aromatic rings. The summed E-state index contributed by atoms with van der Waals surface area (Å²) in [6.45, 7) is 70.1. The smallest absolute Gasteiger partial charge is 0.508 e. The first-order valence-electron chi connectivity index (χ1n) is 48.0. The fourth-order valence-corrected chi connectivity index (χ4v) is 15.9. The molecule has 2 bridgehead atoms. The molecule has 0 spiro atoms. The molecule has 6 fully saturated rings. The normalized spacial score (nSPS) is 15.6. The molecule has 0 unspecified atom stereocenters. The van der Waals surface area contributed by atoms with E-state index in [0.29, 0.717) is 61.1 Å². The summed E-state index contributed by atoms with van der Waals surface area (Å²) in [5.41, 5.74) is 5.07. The van der Waals surface area contributed by atoms with Crippen molar-refractivity contribution in [2.75, 3.05) is 209 Å². The average molecular weight is 2160 g/mol. The van der Waals surface area contributed by atoms with Crippen LogP contribution in [0.15, 0.2) is 61.2 Å². The van der Waals surface area contributed by atoms with Gasteiger partial charge in [-0.05, 0) is 162 Å². The van der Waals surface area contributed by atoms with E-state index in [9.17, 15) is 55.2 Å². The van der Waals surface area contributed by atoms with Crippen molar-refractivity contribution in [1.82, 2.24) is 20.0 Å². The van der Waals surface area contributed by atoms with Gasteiger partial charge in [0.25, 0.3) is 0 Å². The lowest BCUT2D eigenvalue weighted by Crippen LogP contribution is -3.00. The highest BCUT2D eigenvalue weighted by Gasteiger charge is 2.39. The van der Waals surface area contributed by atoms with Crippen LogP contribution < -0.4 is 39.3 Å². The van der Waals surface area contributed by atoms with Crippen molar-refractivity contribution >= 4 is 105 Å². The second kappa shape index (κ2) is 91.0. The van der Waals surface area contributed by atoms with Crippen LogP contribution >= 0.6 is 55.9 Å². The van der Waals surface area contributed by atoms with Crippen LogP contribution in [0.3, 0.4) is 0 Å². The second-order valence-electron chi connectivity index (χ2n) is 36.1. The van der Waals surface area contributed by atoms with E-state index in [-0.39, 0.29) is 75.4 Å². The molecule has 0 radical (unpaired) electrons. The molecule has 6 saturated heterocycles. The number of nitrogens with one attached hydrogen (secondary N) is 1. The van der Waals surface area contributed by atoms with Crippen molar-refractivity contribution in [2.24, 2.45) is 22.2 Å². The standard InChI is InChI=1S/C14H27NO2S.C14H20O2.C13H25NO2S.C11H15NO.C10H20N.C9H19NOS2.C6H16N.C6H12O3.C5H10O2.C4H8O2.C3H3F3.C3H8.C2H6O2S2.2BrH/c1-4-14(2,3)6-12-18-13(16)5-7-15-8-10-17-11-9-15;1-5-11-8-6-7-9-12(11)10-16-13(15)14(2,3)4;1-4-13(2,3)11-17-12(15)5-6-14-7-9-16-10-8-14;1-3-10-6-4-5-7-11(10)8-12-9(2)13;1-2-6-11-7-3-10(4-8-11)5-9-11;1-2-8-12-13-9-5-10-3-6-11-7-4-10;1-5-6-7(2,3)4;1-4-8-6(7)9-5(2)3;1-3-4-5(6)7-2;1-3-4(5)6-2;1-2-3(4,5)6;1-3-2;1-5-6(2,3)4;;/h4-12H2,1-3H3;6-9H,5,10H2,1-4H3;4-11H2,1-3H3;4-7H,3,8H2,1-2H3,(H,12,13);10H,2-9H2,1H3;2-9H2,1H3;5-6H2,1-4H3;5H,4H2,1-3H3;3-4H2,1-2H3;3H2,1-2H3;2H,1H2;3H2,1-2H3;1-2H3;2*1H/q;;;;+1;;+1;;;;;;;;/p-2. The number of carbonyl (C=O) groups excluding carboxylic acids is 7. The van der Waals surface area contributed by atoms with Crippen molar-refractivity contribution in [3.63, 3.8) is 0 Å². The van der Waals surface area contributed by atoms with Gasteiger partial charge < -0.3 is 86.1 Å². The Labute approximate surface area is 855 Å². The summed E-state index contributed by atoms with van der Waals surface area (Å²) in [5, 5.41) is 3.47. The summed E-state index contributed by atoms with van der Waals surface area (Å²) in [4.78, 5) is 83.5. The van der Waals surface area contributed by atoms with Gasteiger partial charge in [-0.25, -0.2) is 13.2 Å². The molecule has 0 saturated carbocycles. The van der Waals surface area contributed by atoms with Crippen molar-refractivity contribution < 1.29 is 136 Å². The summed E-state index contributed by atoms with van der Waals surface area (Å²) in [5.74, 6) is 5.14. The monoisotopic (exact) mass is 2150 g/mol. The third-order valence-electron chi connectivity index (χ3n) is 20.5. The number of fused-ring (bicyclic) bond motifs is 3. The fraction of sp³-hybridized carbons (Fsp3) is 0.790. The second-order valence-corrected chi connectivity index (χ2v) is 45.5. The van der Waals surface area contributed by atoms with Crippen LogP contribution in [-0.4, -0.2) is 293 Å². The Kier molecular flexibility index (Phi) is 99.3. The fourth-order valence-electron chi connectivity index (χ4n) is 11.6. The van der Waals surface area contributed by atoms with E-state index in [4.69, 9.17) is 18.9 Å². The molecule has 792 valence electrons. The molecule has 0 aromatic heterocycles. The Hall–Kier alpha value is -3.20. The van der Waals surface area contributed by atoms with Gasteiger partial charge in [-0.2, -0.15) is 13.2 Å². The van der Waals surface area contributed by atoms with E-state index in [2.05, 4.69) is 175 Å². The Morgan fingerprint density at radius 1 is 0.590 bits per heavy atom. The lowest BCUT2D eigenvalue weighted by atomic mass is 9.85. The number of quaternary nitrogens is 2. The van der Waals surface area contributed by atoms with Crippen LogP contribution in [0.5, 0.6) is 0 Å². The van der Waals surface area contributed by atoms with E-state index in [0.717, 1.165) is 162 Å². The maximum Gasteiger partial charge on any atom is 0.508 e. The highest BCUT2D eigenvalue weighted by molar-refractivity contribution is 8.76. The average Bonchev–Trinajstić information content (AvgIpc) is 0.803. The number of carbonyl (C=O) groups is 7. The van der Waals surface area contributed by atoms with E-state index in [1.807, 2.05) is 79.6 Å². The van der Waals surface area contributed by atoms with Gasteiger partial charge in [-0.3, -0.25) is 43.5 Å². The van der Waals surface area contributed by atoms with E-state index in [1.165, 1.54) is 180 Å². The Morgan fingerprint density at radius 2 is 1.00 bits per heavy atom. The first kappa shape index (κ1) is 146. The number of benzene rings is 2. The number of halogens is 5. The molecule has 34 heteroatoms. The van der Waals surface area contributed by atoms with Gasteiger partial charge in [0.05, 0.1) is 126 Å². The zero-order chi connectivity index (χ0) is 102. The number of methoxy groups -OCH3 is 2. The number of morpholine rings is 3. The molecular weight excluding hydrogens is 1970 g/mol.